The van der Waals surface area contributed by atoms with Gasteiger partial charge in [0, 0.05) is 10.4 Å². The zero-order valence-corrected chi connectivity index (χ0v) is 11.3. The smallest absolute Gasteiger partial charge is 0.0480 e. The molecule has 2 aromatic rings. The summed E-state index contributed by atoms with van der Waals surface area (Å²) in [7, 11) is 0. The quantitative estimate of drug-likeness (QED) is 0.671. The maximum absolute atomic E-state index is 5.96. The molecule has 2 rings (SSSR count). The van der Waals surface area contributed by atoms with Crippen LogP contribution >= 0.6 is 27.5 Å². The van der Waals surface area contributed by atoms with E-state index >= 15 is 0 Å². The first-order valence-corrected chi connectivity index (χ1v) is 6.45. The van der Waals surface area contributed by atoms with E-state index in [1.165, 1.54) is 22.3 Å². The van der Waals surface area contributed by atoms with Crippen molar-refractivity contribution in [3.8, 4) is 11.1 Å². The van der Waals surface area contributed by atoms with E-state index in [1.54, 1.807) is 0 Å². The minimum Gasteiger partial charge on any atom is -0.122 e. The summed E-state index contributed by atoms with van der Waals surface area (Å²) in [5.41, 5.74) is 4.87. The van der Waals surface area contributed by atoms with Gasteiger partial charge < -0.3 is 0 Å². The molecule has 0 aromatic heterocycles. The minimum atomic E-state index is 0.547. The van der Waals surface area contributed by atoms with Crippen LogP contribution in [0.15, 0.2) is 46.9 Å². The molecule has 0 amide bonds. The fourth-order valence-corrected chi connectivity index (χ4v) is 2.20. The van der Waals surface area contributed by atoms with E-state index in [1.807, 2.05) is 0 Å². The van der Waals surface area contributed by atoms with Crippen molar-refractivity contribution in [1.82, 2.24) is 0 Å². The standard InChI is InChI=1S/C14H12BrCl/c1-10-2-3-12(9-16)14(8-10)11-4-6-13(15)7-5-11/h2-8H,9H2,1H3. The van der Waals surface area contributed by atoms with Gasteiger partial charge in [-0.15, -0.1) is 11.6 Å². The van der Waals surface area contributed by atoms with E-state index in [2.05, 4.69) is 65.3 Å². The number of aryl methyl sites for hydroxylation is 1. The minimum absolute atomic E-state index is 0.547. The largest absolute Gasteiger partial charge is 0.122 e. The zero-order chi connectivity index (χ0) is 11.5. The van der Waals surface area contributed by atoms with Crippen molar-refractivity contribution in [2.75, 3.05) is 0 Å². The molecule has 0 atom stereocenters. The number of hydrogen-bond donors (Lipinski definition) is 0. The summed E-state index contributed by atoms with van der Waals surface area (Å²) < 4.78 is 1.09. The van der Waals surface area contributed by atoms with Crippen molar-refractivity contribution in [3.05, 3.63) is 58.1 Å². The van der Waals surface area contributed by atoms with Gasteiger partial charge in [0.15, 0.2) is 0 Å². The van der Waals surface area contributed by atoms with Crippen LogP contribution in [0.4, 0.5) is 0 Å². The Morgan fingerprint density at radius 2 is 1.75 bits per heavy atom. The van der Waals surface area contributed by atoms with Crippen molar-refractivity contribution in [3.63, 3.8) is 0 Å². The first-order valence-electron chi connectivity index (χ1n) is 5.12. The van der Waals surface area contributed by atoms with E-state index in [0.717, 1.165) is 4.47 Å². The molecular weight excluding hydrogens is 284 g/mol. The Morgan fingerprint density at radius 1 is 1.06 bits per heavy atom. The van der Waals surface area contributed by atoms with Gasteiger partial charge in [0.2, 0.25) is 0 Å². The Hall–Kier alpha value is -0.790. The van der Waals surface area contributed by atoms with Gasteiger partial charge in [0.25, 0.3) is 0 Å². The summed E-state index contributed by atoms with van der Waals surface area (Å²) in [5.74, 6) is 0.547. The van der Waals surface area contributed by atoms with Gasteiger partial charge in [-0.25, -0.2) is 0 Å². The predicted molar refractivity (Wildman–Crippen MR) is 73.9 cm³/mol. The molecule has 0 nitrogen and oxygen atoms in total. The maximum Gasteiger partial charge on any atom is 0.0480 e. The molecule has 2 heteroatoms. The fraction of sp³-hybridized carbons (Fsp3) is 0.143. The van der Waals surface area contributed by atoms with Gasteiger partial charge in [-0.2, -0.15) is 0 Å². The highest BCUT2D eigenvalue weighted by molar-refractivity contribution is 9.10. The first kappa shape index (κ1) is 11.7. The van der Waals surface area contributed by atoms with Crippen LogP contribution in [0.25, 0.3) is 11.1 Å². The van der Waals surface area contributed by atoms with E-state index in [4.69, 9.17) is 11.6 Å². The molecule has 16 heavy (non-hydrogen) atoms. The third kappa shape index (κ3) is 2.47. The molecule has 2 aromatic carbocycles. The van der Waals surface area contributed by atoms with Crippen LogP contribution in [0.5, 0.6) is 0 Å². The molecule has 0 saturated carbocycles. The third-order valence-electron chi connectivity index (χ3n) is 2.56. The number of rotatable bonds is 2. The average Bonchev–Trinajstić information content (AvgIpc) is 2.30. The maximum atomic E-state index is 5.96. The highest BCUT2D eigenvalue weighted by Crippen LogP contribution is 2.27. The molecule has 82 valence electrons. The molecular formula is C14H12BrCl. The molecule has 0 saturated heterocycles. The van der Waals surface area contributed by atoms with Crippen LogP contribution in [0.3, 0.4) is 0 Å². The van der Waals surface area contributed by atoms with E-state index < -0.39 is 0 Å². The summed E-state index contributed by atoms with van der Waals surface area (Å²) in [4.78, 5) is 0. The van der Waals surface area contributed by atoms with Gasteiger partial charge in [-0.3, -0.25) is 0 Å². The van der Waals surface area contributed by atoms with Crippen LogP contribution in [-0.2, 0) is 5.88 Å². The lowest BCUT2D eigenvalue weighted by molar-refractivity contribution is 1.35. The second kappa shape index (κ2) is 5.03. The lowest BCUT2D eigenvalue weighted by atomic mass is 9.99. The number of halogens is 2. The molecule has 0 fully saturated rings. The molecule has 0 heterocycles. The first-order chi connectivity index (χ1) is 7.70. The lowest BCUT2D eigenvalue weighted by Gasteiger charge is -2.08. The number of hydrogen-bond acceptors (Lipinski definition) is 0. The Labute approximate surface area is 109 Å². The molecule has 0 aliphatic rings. The van der Waals surface area contributed by atoms with E-state index in [0.29, 0.717) is 5.88 Å². The van der Waals surface area contributed by atoms with Crippen molar-refractivity contribution < 1.29 is 0 Å². The van der Waals surface area contributed by atoms with E-state index in [9.17, 15) is 0 Å². The second-order valence-corrected chi connectivity index (χ2v) is 4.98. The molecule has 0 unspecified atom stereocenters. The molecule has 0 aliphatic carbocycles. The third-order valence-corrected chi connectivity index (χ3v) is 3.38. The second-order valence-electron chi connectivity index (χ2n) is 3.80. The fourth-order valence-electron chi connectivity index (χ4n) is 1.71. The summed E-state index contributed by atoms with van der Waals surface area (Å²) >= 11 is 9.40. The molecule has 0 bridgehead atoms. The van der Waals surface area contributed by atoms with Gasteiger partial charge in [0.1, 0.15) is 0 Å². The normalized spacial score (nSPS) is 10.4. The summed E-state index contributed by atoms with van der Waals surface area (Å²) in [6, 6.07) is 14.7. The SMILES string of the molecule is Cc1ccc(CCl)c(-c2ccc(Br)cc2)c1. The highest BCUT2D eigenvalue weighted by atomic mass is 79.9. The predicted octanol–water partition coefficient (Wildman–Crippen LogP) is 5.16. The number of benzene rings is 2. The number of alkyl halides is 1. The van der Waals surface area contributed by atoms with Gasteiger partial charge in [0.05, 0.1) is 0 Å². The van der Waals surface area contributed by atoms with Crippen molar-refractivity contribution in [2.24, 2.45) is 0 Å². The summed E-state index contributed by atoms with van der Waals surface area (Å²) in [5, 5.41) is 0. The van der Waals surface area contributed by atoms with Crippen LogP contribution in [0, 0.1) is 6.92 Å². The van der Waals surface area contributed by atoms with Crippen LogP contribution in [0.2, 0.25) is 0 Å². The Kier molecular flexibility index (Phi) is 3.67. The highest BCUT2D eigenvalue weighted by Gasteiger charge is 2.04. The Balaban J connectivity index is 2.53. The average molecular weight is 296 g/mol. The molecule has 0 radical (unpaired) electrons. The Bertz CT molecular complexity index is 489. The van der Waals surface area contributed by atoms with Crippen LogP contribution < -0.4 is 0 Å². The van der Waals surface area contributed by atoms with Gasteiger partial charge in [-0.05, 0) is 35.7 Å². The molecule has 0 spiro atoms. The lowest BCUT2D eigenvalue weighted by Crippen LogP contribution is -1.87. The van der Waals surface area contributed by atoms with Crippen molar-refractivity contribution >= 4 is 27.5 Å². The van der Waals surface area contributed by atoms with Gasteiger partial charge in [-0.1, -0.05) is 51.8 Å². The van der Waals surface area contributed by atoms with Crippen LogP contribution in [-0.4, -0.2) is 0 Å². The van der Waals surface area contributed by atoms with Crippen molar-refractivity contribution in [1.29, 1.82) is 0 Å². The molecule has 0 N–H and O–H groups in total. The zero-order valence-electron chi connectivity index (χ0n) is 9.00. The monoisotopic (exact) mass is 294 g/mol. The van der Waals surface area contributed by atoms with Crippen LogP contribution in [0.1, 0.15) is 11.1 Å². The summed E-state index contributed by atoms with van der Waals surface area (Å²) in [6.45, 7) is 2.10. The molecule has 0 aliphatic heterocycles. The van der Waals surface area contributed by atoms with E-state index in [-0.39, 0.29) is 0 Å². The summed E-state index contributed by atoms with van der Waals surface area (Å²) in [6.07, 6.45) is 0. The van der Waals surface area contributed by atoms with Crippen molar-refractivity contribution in [2.45, 2.75) is 12.8 Å². The van der Waals surface area contributed by atoms with Gasteiger partial charge >= 0.3 is 0 Å². The Morgan fingerprint density at radius 3 is 2.38 bits per heavy atom. The topological polar surface area (TPSA) is 0 Å².